The van der Waals surface area contributed by atoms with E-state index in [4.69, 9.17) is 16.3 Å². The van der Waals surface area contributed by atoms with E-state index in [9.17, 15) is 13.2 Å². The van der Waals surface area contributed by atoms with Gasteiger partial charge >= 0.3 is 0 Å². The minimum Gasteiger partial charge on any atom is -0.455 e. The molecule has 0 spiro atoms. The normalized spacial score (nSPS) is 11.3. The Morgan fingerprint density at radius 2 is 1.88 bits per heavy atom. The van der Waals surface area contributed by atoms with Crippen molar-refractivity contribution in [3.63, 3.8) is 0 Å². The molecular formula is C16H17ClN2O4S. The van der Waals surface area contributed by atoms with Gasteiger partial charge in [0.15, 0.2) is 5.75 Å². The summed E-state index contributed by atoms with van der Waals surface area (Å²) in [5, 5.41) is 3.04. The van der Waals surface area contributed by atoms with Crippen molar-refractivity contribution in [1.82, 2.24) is 4.31 Å². The maximum absolute atomic E-state index is 12.1. The van der Waals surface area contributed by atoms with E-state index in [2.05, 4.69) is 5.32 Å². The molecule has 0 bridgehead atoms. The van der Waals surface area contributed by atoms with Crippen LogP contribution in [-0.2, 0) is 14.8 Å². The predicted molar refractivity (Wildman–Crippen MR) is 94.1 cm³/mol. The lowest BCUT2D eigenvalue weighted by molar-refractivity contribution is -0.116. The Morgan fingerprint density at radius 3 is 2.50 bits per heavy atom. The molecule has 6 nitrogen and oxygen atoms in total. The number of hydrogen-bond donors (Lipinski definition) is 1. The number of nitrogens with one attached hydrogen (secondary N) is 1. The van der Waals surface area contributed by atoms with Gasteiger partial charge in [0, 0.05) is 12.1 Å². The molecule has 2 rings (SSSR count). The van der Waals surface area contributed by atoms with Crippen LogP contribution < -0.4 is 10.1 Å². The zero-order valence-corrected chi connectivity index (χ0v) is 14.8. The minimum atomic E-state index is -3.44. The van der Waals surface area contributed by atoms with Gasteiger partial charge < -0.3 is 10.1 Å². The maximum Gasteiger partial charge on any atom is 0.239 e. The molecule has 1 amide bonds. The zero-order valence-electron chi connectivity index (χ0n) is 13.2. The van der Waals surface area contributed by atoms with E-state index in [1.165, 1.54) is 13.1 Å². The Balaban J connectivity index is 2.17. The van der Waals surface area contributed by atoms with E-state index < -0.39 is 15.9 Å². The topological polar surface area (TPSA) is 75.7 Å². The van der Waals surface area contributed by atoms with E-state index in [1.54, 1.807) is 24.3 Å². The number of hydrogen-bond acceptors (Lipinski definition) is 4. The first kappa shape index (κ1) is 18.3. The summed E-state index contributed by atoms with van der Waals surface area (Å²) in [6.45, 7) is -0.309. The van der Waals surface area contributed by atoms with Gasteiger partial charge in [0.2, 0.25) is 15.9 Å². The van der Waals surface area contributed by atoms with Crippen LogP contribution in [0, 0.1) is 0 Å². The third-order valence-electron chi connectivity index (χ3n) is 3.12. The molecule has 0 heterocycles. The highest BCUT2D eigenvalue weighted by Crippen LogP contribution is 2.31. The third kappa shape index (κ3) is 5.23. The number of benzene rings is 2. The molecule has 2 aromatic rings. The molecule has 0 aliphatic carbocycles. The van der Waals surface area contributed by atoms with E-state index in [0.29, 0.717) is 22.2 Å². The molecule has 0 aromatic heterocycles. The highest BCUT2D eigenvalue weighted by Gasteiger charge is 2.17. The molecule has 0 aliphatic rings. The second-order valence-corrected chi connectivity index (χ2v) is 7.65. The maximum atomic E-state index is 12.1. The van der Waals surface area contributed by atoms with Gasteiger partial charge in [0.25, 0.3) is 0 Å². The largest absolute Gasteiger partial charge is 0.455 e. The van der Waals surface area contributed by atoms with Crippen molar-refractivity contribution in [3.8, 4) is 11.5 Å². The fraction of sp³-hybridized carbons (Fsp3) is 0.188. The quantitative estimate of drug-likeness (QED) is 0.850. The zero-order chi connectivity index (χ0) is 17.7. The van der Waals surface area contributed by atoms with Gasteiger partial charge in [-0.05, 0) is 30.3 Å². The molecule has 0 saturated heterocycles. The van der Waals surface area contributed by atoms with Gasteiger partial charge in [0.05, 0.1) is 18.5 Å². The van der Waals surface area contributed by atoms with Crippen molar-refractivity contribution in [2.45, 2.75) is 0 Å². The van der Waals surface area contributed by atoms with Crippen LogP contribution >= 0.6 is 11.6 Å². The van der Waals surface area contributed by atoms with Crippen LogP contribution in [0.5, 0.6) is 11.5 Å². The summed E-state index contributed by atoms with van der Waals surface area (Å²) in [5.41, 5.74) is 0.359. The average molecular weight is 369 g/mol. The van der Waals surface area contributed by atoms with E-state index in [0.717, 1.165) is 10.6 Å². The number of amides is 1. The SMILES string of the molecule is CN(CC(=O)Nc1cc(Cl)ccc1Oc1ccccc1)S(C)(=O)=O. The smallest absolute Gasteiger partial charge is 0.239 e. The highest BCUT2D eigenvalue weighted by atomic mass is 35.5. The summed E-state index contributed by atoms with van der Waals surface area (Å²) < 4.78 is 29.4. The fourth-order valence-corrected chi connectivity index (χ4v) is 2.34. The van der Waals surface area contributed by atoms with Crippen molar-refractivity contribution < 1.29 is 17.9 Å². The molecule has 1 N–H and O–H groups in total. The number of carbonyl (C=O) groups is 1. The number of ether oxygens (including phenoxy) is 1. The lowest BCUT2D eigenvalue weighted by Gasteiger charge is -2.16. The summed E-state index contributed by atoms with van der Waals surface area (Å²) in [7, 11) is -2.11. The standard InChI is InChI=1S/C16H17ClN2O4S/c1-19(24(2,21)22)11-16(20)18-14-10-12(17)8-9-15(14)23-13-6-4-3-5-7-13/h3-10H,11H2,1-2H3,(H,18,20). The monoisotopic (exact) mass is 368 g/mol. The van der Waals surface area contributed by atoms with Crippen molar-refractivity contribution in [2.75, 3.05) is 25.2 Å². The van der Waals surface area contributed by atoms with Crippen LogP contribution in [0.2, 0.25) is 5.02 Å². The summed E-state index contributed by atoms with van der Waals surface area (Å²) >= 11 is 5.97. The first-order chi connectivity index (χ1) is 11.3. The minimum absolute atomic E-state index is 0.309. The van der Waals surface area contributed by atoms with Crippen LogP contribution in [0.3, 0.4) is 0 Å². The van der Waals surface area contributed by atoms with Crippen molar-refractivity contribution in [1.29, 1.82) is 0 Å². The number of anilines is 1. The Hall–Kier alpha value is -2.09. The lowest BCUT2D eigenvalue weighted by Crippen LogP contribution is -2.34. The summed E-state index contributed by atoms with van der Waals surface area (Å²) in [6, 6.07) is 13.9. The van der Waals surface area contributed by atoms with Gasteiger partial charge in [-0.1, -0.05) is 29.8 Å². The fourth-order valence-electron chi connectivity index (χ4n) is 1.81. The third-order valence-corrected chi connectivity index (χ3v) is 4.62. The number of sulfonamides is 1. The molecule has 8 heteroatoms. The first-order valence-corrected chi connectivity index (χ1v) is 9.22. The Labute approximate surface area is 146 Å². The predicted octanol–water partition coefficient (Wildman–Crippen LogP) is 2.96. The van der Waals surface area contributed by atoms with Crippen LogP contribution in [0.1, 0.15) is 0 Å². The second-order valence-electron chi connectivity index (χ2n) is 5.12. The van der Waals surface area contributed by atoms with Gasteiger partial charge in [-0.2, -0.15) is 4.31 Å². The molecule has 0 radical (unpaired) electrons. The van der Waals surface area contributed by atoms with Crippen molar-refractivity contribution in [3.05, 3.63) is 53.6 Å². The van der Waals surface area contributed by atoms with Crippen molar-refractivity contribution >= 4 is 33.2 Å². The second kappa shape index (κ2) is 7.65. The molecule has 0 unspecified atom stereocenters. The number of para-hydroxylation sites is 1. The Bertz CT molecular complexity index is 825. The van der Waals surface area contributed by atoms with Crippen LogP contribution in [0.25, 0.3) is 0 Å². The van der Waals surface area contributed by atoms with Gasteiger partial charge in [-0.25, -0.2) is 8.42 Å². The lowest BCUT2D eigenvalue weighted by atomic mass is 10.2. The van der Waals surface area contributed by atoms with Crippen molar-refractivity contribution in [2.24, 2.45) is 0 Å². The molecule has 2 aromatic carbocycles. The summed E-state index contributed by atoms with van der Waals surface area (Å²) in [5.74, 6) is 0.507. The summed E-state index contributed by atoms with van der Waals surface area (Å²) in [6.07, 6.45) is 1.03. The first-order valence-electron chi connectivity index (χ1n) is 6.99. The molecule has 24 heavy (non-hydrogen) atoms. The van der Waals surface area contributed by atoms with E-state index >= 15 is 0 Å². The Kier molecular flexibility index (Phi) is 5.82. The number of likely N-dealkylation sites (N-methyl/N-ethyl adjacent to an activating group) is 1. The highest BCUT2D eigenvalue weighted by molar-refractivity contribution is 7.88. The number of rotatable bonds is 6. The molecule has 0 atom stereocenters. The van der Waals surface area contributed by atoms with Crippen LogP contribution in [-0.4, -0.2) is 38.5 Å². The van der Waals surface area contributed by atoms with Gasteiger partial charge in [-0.3, -0.25) is 4.79 Å². The van der Waals surface area contributed by atoms with E-state index in [-0.39, 0.29) is 6.54 Å². The molecule has 0 saturated carbocycles. The molecule has 0 aliphatic heterocycles. The number of halogens is 1. The number of carbonyl (C=O) groups excluding carboxylic acids is 1. The summed E-state index contributed by atoms with van der Waals surface area (Å²) in [4.78, 5) is 12.1. The van der Waals surface area contributed by atoms with Crippen LogP contribution in [0.15, 0.2) is 48.5 Å². The average Bonchev–Trinajstić information content (AvgIpc) is 2.50. The van der Waals surface area contributed by atoms with Crippen LogP contribution in [0.4, 0.5) is 5.69 Å². The Morgan fingerprint density at radius 1 is 1.21 bits per heavy atom. The molecular weight excluding hydrogens is 352 g/mol. The number of nitrogens with zero attached hydrogens (tertiary/aromatic N) is 1. The molecule has 128 valence electrons. The van der Waals surface area contributed by atoms with Gasteiger partial charge in [0.1, 0.15) is 5.75 Å². The van der Waals surface area contributed by atoms with E-state index in [1.807, 2.05) is 18.2 Å². The van der Waals surface area contributed by atoms with Gasteiger partial charge in [-0.15, -0.1) is 0 Å². The molecule has 0 fully saturated rings.